The smallest absolute Gasteiger partial charge is 1.00 e. The molecule has 0 aromatic heterocycles. The van der Waals surface area contributed by atoms with Crippen LogP contribution in [-0.4, -0.2) is 0 Å². The van der Waals surface area contributed by atoms with E-state index in [-0.39, 0.29) is 20.3 Å². The first-order valence-corrected chi connectivity index (χ1v) is 7.01. The second-order valence-corrected chi connectivity index (χ2v) is 4.87. The first kappa shape index (κ1) is 16.1. The van der Waals surface area contributed by atoms with Crippen molar-refractivity contribution in [2.24, 2.45) is 0 Å². The first-order chi connectivity index (χ1) is 8.92. The third-order valence-corrected chi connectivity index (χ3v) is 3.50. The fraction of sp³-hybridized carbons (Fsp3) is 0.333. The second-order valence-electron chi connectivity index (χ2n) is 4.87. The molecule has 0 aliphatic rings. The van der Waals surface area contributed by atoms with Crippen LogP contribution in [0.5, 0.6) is 0 Å². The predicted molar refractivity (Wildman–Crippen MR) is 80.0 cm³/mol. The van der Waals surface area contributed by atoms with Crippen LogP contribution in [0.3, 0.4) is 0 Å². The number of rotatable bonds is 6. The Hall–Kier alpha value is -0.963. The normalized spacial score (nSPS) is 10.2. The van der Waals surface area contributed by atoms with Crippen LogP contribution >= 0.6 is 0 Å². The van der Waals surface area contributed by atoms with Crippen LogP contribution in [-0.2, 0) is 0 Å². The summed E-state index contributed by atoms with van der Waals surface area (Å²) in [5.41, 5.74) is 2.89. The Kier molecular flexibility index (Phi) is 7.64. The van der Waals surface area contributed by atoms with E-state index in [1.165, 1.54) is 36.8 Å². The van der Waals surface area contributed by atoms with Gasteiger partial charge in [0, 0.05) is 5.92 Å². The molecule has 0 saturated heterocycles. The summed E-state index contributed by atoms with van der Waals surface area (Å²) in [5, 5.41) is 0. The minimum atomic E-state index is 0. The van der Waals surface area contributed by atoms with Crippen molar-refractivity contribution in [2.45, 2.75) is 38.5 Å². The molecule has 96 valence electrons. The second kappa shape index (κ2) is 9.02. The zero-order valence-corrected chi connectivity index (χ0v) is 12.2. The molecule has 0 radical (unpaired) electrons. The molecule has 1 heteroatoms. The van der Waals surface area contributed by atoms with Gasteiger partial charge in [-0.25, -0.2) is 0 Å². The van der Waals surface area contributed by atoms with E-state index < -0.39 is 0 Å². The van der Waals surface area contributed by atoms with Crippen LogP contribution in [0.25, 0.3) is 0 Å². The Morgan fingerprint density at radius 3 is 1.68 bits per heavy atom. The fourth-order valence-electron chi connectivity index (χ4n) is 2.49. The van der Waals surface area contributed by atoms with Crippen LogP contribution in [0.1, 0.15) is 51.1 Å². The molecule has 0 heterocycles. The largest absolute Gasteiger partial charge is 1.00 e. The van der Waals surface area contributed by atoms with Gasteiger partial charge in [-0.15, -0.1) is 0 Å². The summed E-state index contributed by atoms with van der Waals surface area (Å²) in [7, 11) is 0. The van der Waals surface area contributed by atoms with Crippen molar-refractivity contribution in [3.05, 3.63) is 71.8 Å². The van der Waals surface area contributed by atoms with E-state index in [0.29, 0.717) is 5.92 Å². The van der Waals surface area contributed by atoms with Crippen molar-refractivity contribution >= 4 is 0 Å². The molecule has 0 fully saturated rings. The number of benzene rings is 2. The summed E-state index contributed by atoms with van der Waals surface area (Å²) < 4.78 is 0. The van der Waals surface area contributed by atoms with E-state index >= 15 is 0 Å². The molecule has 2 rings (SSSR count). The third-order valence-electron chi connectivity index (χ3n) is 3.50. The van der Waals surface area contributed by atoms with Gasteiger partial charge >= 0.3 is 18.9 Å². The maximum Gasteiger partial charge on any atom is 1.00 e. The van der Waals surface area contributed by atoms with Gasteiger partial charge in [0.1, 0.15) is 0 Å². The molecule has 0 amide bonds. The maximum absolute atomic E-state index is 2.26. The van der Waals surface area contributed by atoms with Crippen LogP contribution in [0.15, 0.2) is 60.7 Å². The molecule has 19 heavy (non-hydrogen) atoms. The molecule has 0 saturated carbocycles. The summed E-state index contributed by atoms with van der Waals surface area (Å²) in [6.07, 6.45) is 5.18. The predicted octanol–water partition coefficient (Wildman–Crippen LogP) is 2.52. The number of hydrogen-bond acceptors (Lipinski definition) is 0. The summed E-state index contributed by atoms with van der Waals surface area (Å²) >= 11 is 0. The van der Waals surface area contributed by atoms with E-state index in [1.54, 1.807) is 0 Å². The topological polar surface area (TPSA) is 0 Å². The van der Waals surface area contributed by atoms with Gasteiger partial charge in [0.15, 0.2) is 0 Å². The number of hydrogen-bond donors (Lipinski definition) is 0. The van der Waals surface area contributed by atoms with Gasteiger partial charge in [0.25, 0.3) is 0 Å². The van der Waals surface area contributed by atoms with Gasteiger partial charge in [-0.3, -0.25) is 0 Å². The quantitative estimate of drug-likeness (QED) is 0.543. The minimum absolute atomic E-state index is 0. The zero-order valence-electron chi connectivity index (χ0n) is 13.2. The Morgan fingerprint density at radius 1 is 0.789 bits per heavy atom. The Balaban J connectivity index is 0.00000180. The van der Waals surface area contributed by atoms with E-state index in [2.05, 4.69) is 67.6 Å². The van der Waals surface area contributed by atoms with Gasteiger partial charge in [-0.2, -0.15) is 0 Å². The van der Waals surface area contributed by atoms with E-state index in [0.717, 1.165) is 0 Å². The van der Waals surface area contributed by atoms with Crippen molar-refractivity contribution in [1.29, 1.82) is 0 Å². The molecule has 0 N–H and O–H groups in total. The molecular formula is C18H23Li. The van der Waals surface area contributed by atoms with Crippen LogP contribution < -0.4 is 18.9 Å². The molecule has 0 aliphatic heterocycles. The number of unbranched alkanes of at least 4 members (excludes halogenated alkanes) is 2. The summed E-state index contributed by atoms with van der Waals surface area (Å²) in [6.45, 7) is 2.26. The Morgan fingerprint density at radius 2 is 1.26 bits per heavy atom. The monoisotopic (exact) mass is 246 g/mol. The van der Waals surface area contributed by atoms with Crippen LogP contribution in [0.2, 0.25) is 0 Å². The van der Waals surface area contributed by atoms with Crippen molar-refractivity contribution in [3.63, 3.8) is 0 Å². The average Bonchev–Trinajstić information content (AvgIpc) is 2.46. The summed E-state index contributed by atoms with van der Waals surface area (Å²) in [4.78, 5) is 0. The fourth-order valence-corrected chi connectivity index (χ4v) is 2.49. The maximum atomic E-state index is 2.26. The van der Waals surface area contributed by atoms with Crippen molar-refractivity contribution < 1.29 is 20.3 Å². The molecular weight excluding hydrogens is 223 g/mol. The van der Waals surface area contributed by atoms with Gasteiger partial charge in [0.05, 0.1) is 0 Å². The molecule has 0 nitrogen and oxygen atoms in total. The minimum Gasteiger partial charge on any atom is -1.00 e. The molecule has 0 aliphatic carbocycles. The van der Waals surface area contributed by atoms with E-state index in [1.807, 2.05) is 0 Å². The zero-order chi connectivity index (χ0) is 12.6. The first-order valence-electron chi connectivity index (χ1n) is 7.01. The molecule has 2 aromatic rings. The Labute approximate surface area is 130 Å². The standard InChI is InChI=1S/C18H22.Li.H/c1-2-3-6-15-18(16-11-7-4-8-12-16)17-13-9-5-10-14-17;;/h4-5,7-14,18H,2-3,6,15H2,1H3;;/q;+1;-1. The molecule has 0 spiro atoms. The van der Waals surface area contributed by atoms with E-state index in [4.69, 9.17) is 0 Å². The van der Waals surface area contributed by atoms with Crippen molar-refractivity contribution in [2.75, 3.05) is 0 Å². The third kappa shape index (κ3) is 4.90. The van der Waals surface area contributed by atoms with Gasteiger partial charge in [0.2, 0.25) is 0 Å². The van der Waals surface area contributed by atoms with Gasteiger partial charge < -0.3 is 1.43 Å². The molecule has 0 atom stereocenters. The molecule has 0 unspecified atom stereocenters. The van der Waals surface area contributed by atoms with Gasteiger partial charge in [-0.1, -0.05) is 86.8 Å². The molecule has 2 aromatic carbocycles. The van der Waals surface area contributed by atoms with Crippen molar-refractivity contribution in [1.82, 2.24) is 0 Å². The van der Waals surface area contributed by atoms with Crippen LogP contribution in [0.4, 0.5) is 0 Å². The van der Waals surface area contributed by atoms with Gasteiger partial charge in [-0.05, 0) is 17.5 Å². The average molecular weight is 246 g/mol. The SMILES string of the molecule is CCCCCC(c1ccccc1)c1ccccc1.[H-].[Li+]. The summed E-state index contributed by atoms with van der Waals surface area (Å²) in [6, 6.07) is 21.8. The molecule has 0 bridgehead atoms. The van der Waals surface area contributed by atoms with Crippen LogP contribution in [0, 0.1) is 0 Å². The summed E-state index contributed by atoms with van der Waals surface area (Å²) in [5.74, 6) is 0.555. The van der Waals surface area contributed by atoms with E-state index in [9.17, 15) is 0 Å². The Bertz CT molecular complexity index is 402. The van der Waals surface area contributed by atoms with Crippen molar-refractivity contribution in [3.8, 4) is 0 Å².